The van der Waals surface area contributed by atoms with Crippen molar-refractivity contribution in [2.45, 2.75) is 32.9 Å². The summed E-state index contributed by atoms with van der Waals surface area (Å²) < 4.78 is 28.8. The minimum atomic E-state index is -2.77. The number of nitrogens with one attached hydrogen (secondary N) is 1. The third-order valence-corrected chi connectivity index (χ3v) is 3.78. The fourth-order valence-electron chi connectivity index (χ4n) is 2.81. The minimum absolute atomic E-state index is 0. The third kappa shape index (κ3) is 7.21. The highest BCUT2D eigenvalue weighted by molar-refractivity contribution is 5.85. The first kappa shape index (κ1) is 22.4. The van der Waals surface area contributed by atoms with Crippen LogP contribution >= 0.6 is 24.8 Å². The van der Waals surface area contributed by atoms with Gasteiger partial charge in [-0.05, 0) is 30.0 Å². The van der Waals surface area contributed by atoms with E-state index < -0.39 is 6.61 Å². The lowest BCUT2D eigenvalue weighted by molar-refractivity contribution is -0.0498. The highest BCUT2D eigenvalue weighted by Crippen LogP contribution is 2.29. The summed E-state index contributed by atoms with van der Waals surface area (Å²) in [4.78, 5) is 2.47. The first-order valence-corrected chi connectivity index (χ1v) is 7.56. The van der Waals surface area contributed by atoms with E-state index in [0.29, 0.717) is 12.0 Å². The van der Waals surface area contributed by atoms with E-state index in [0.717, 1.165) is 32.6 Å². The smallest absolute Gasteiger partial charge is 0.387 e. The molecule has 134 valence electrons. The maximum Gasteiger partial charge on any atom is 0.387 e. The van der Waals surface area contributed by atoms with Gasteiger partial charge in [0.25, 0.3) is 0 Å². The maximum atomic E-state index is 12.2. The Morgan fingerprint density at radius 3 is 2.13 bits per heavy atom. The monoisotopic (exact) mass is 370 g/mol. The molecule has 0 saturated carbocycles. The lowest BCUT2D eigenvalue weighted by atomic mass is 9.95. The predicted octanol–water partition coefficient (Wildman–Crippen LogP) is 4.12. The predicted molar refractivity (Wildman–Crippen MR) is 94.2 cm³/mol. The average Bonchev–Trinajstić information content (AvgIpc) is 2.46. The molecule has 1 aromatic carbocycles. The van der Waals surface area contributed by atoms with Gasteiger partial charge in [0.2, 0.25) is 0 Å². The average molecular weight is 371 g/mol. The third-order valence-electron chi connectivity index (χ3n) is 3.78. The molecule has 0 aromatic heterocycles. The van der Waals surface area contributed by atoms with Gasteiger partial charge in [-0.2, -0.15) is 8.78 Å². The van der Waals surface area contributed by atoms with Crippen molar-refractivity contribution in [1.29, 1.82) is 0 Å². The molecule has 0 radical (unpaired) electrons. The van der Waals surface area contributed by atoms with E-state index in [2.05, 4.69) is 28.8 Å². The number of piperazine rings is 1. The van der Waals surface area contributed by atoms with Gasteiger partial charge in [-0.1, -0.05) is 26.0 Å². The molecule has 3 nitrogen and oxygen atoms in total. The summed E-state index contributed by atoms with van der Waals surface area (Å²) in [6, 6.07) is 7.43. The van der Waals surface area contributed by atoms with E-state index in [-0.39, 0.29) is 30.6 Å². The van der Waals surface area contributed by atoms with Crippen LogP contribution in [-0.2, 0) is 0 Å². The van der Waals surface area contributed by atoms with Crippen molar-refractivity contribution in [1.82, 2.24) is 10.2 Å². The summed E-state index contributed by atoms with van der Waals surface area (Å²) in [6.45, 7) is 5.70. The van der Waals surface area contributed by atoms with Crippen LogP contribution in [0, 0.1) is 5.92 Å². The largest absolute Gasteiger partial charge is 0.435 e. The quantitative estimate of drug-likeness (QED) is 0.814. The zero-order valence-electron chi connectivity index (χ0n) is 13.5. The van der Waals surface area contributed by atoms with E-state index in [1.165, 1.54) is 5.56 Å². The summed E-state index contributed by atoms with van der Waals surface area (Å²) in [7, 11) is 0. The van der Waals surface area contributed by atoms with Crippen LogP contribution in [0.3, 0.4) is 0 Å². The summed E-state index contributed by atoms with van der Waals surface area (Å²) in [5.41, 5.74) is 1.17. The van der Waals surface area contributed by atoms with Crippen molar-refractivity contribution in [2.24, 2.45) is 5.92 Å². The number of rotatable bonds is 6. The van der Waals surface area contributed by atoms with Crippen LogP contribution in [0.2, 0.25) is 0 Å². The molecule has 1 N–H and O–H groups in total. The molecule has 2 rings (SSSR count). The molecule has 0 spiro atoms. The van der Waals surface area contributed by atoms with Crippen LogP contribution < -0.4 is 10.1 Å². The second-order valence-electron chi connectivity index (χ2n) is 5.88. The number of nitrogens with zero attached hydrogens (tertiary/aromatic N) is 1. The molecule has 7 heteroatoms. The molecule has 1 aliphatic heterocycles. The number of ether oxygens (including phenoxy) is 1. The Labute approximate surface area is 149 Å². The van der Waals surface area contributed by atoms with Crippen LogP contribution in [-0.4, -0.2) is 37.7 Å². The Morgan fingerprint density at radius 1 is 1.09 bits per heavy atom. The van der Waals surface area contributed by atoms with Crippen molar-refractivity contribution in [3.8, 4) is 5.75 Å². The van der Waals surface area contributed by atoms with Crippen LogP contribution in [0.4, 0.5) is 8.78 Å². The fourth-order valence-corrected chi connectivity index (χ4v) is 2.81. The van der Waals surface area contributed by atoms with Crippen molar-refractivity contribution in [2.75, 3.05) is 26.2 Å². The van der Waals surface area contributed by atoms with Gasteiger partial charge < -0.3 is 10.1 Å². The molecule has 0 aliphatic carbocycles. The Morgan fingerprint density at radius 2 is 1.65 bits per heavy atom. The molecular formula is C16H26Cl2F2N2O. The van der Waals surface area contributed by atoms with Gasteiger partial charge in [0, 0.05) is 32.2 Å². The Kier molecular flexibility index (Phi) is 10.7. The summed E-state index contributed by atoms with van der Waals surface area (Å²) in [5, 5.41) is 3.36. The minimum Gasteiger partial charge on any atom is -0.435 e. The van der Waals surface area contributed by atoms with Crippen LogP contribution in [0.5, 0.6) is 5.75 Å². The molecule has 1 heterocycles. The van der Waals surface area contributed by atoms with Crippen LogP contribution in [0.15, 0.2) is 24.3 Å². The Balaban J connectivity index is 0.00000242. The number of benzene rings is 1. The van der Waals surface area contributed by atoms with E-state index in [1.54, 1.807) is 12.1 Å². The molecule has 0 amide bonds. The summed E-state index contributed by atoms with van der Waals surface area (Å²) in [5.74, 6) is 0.805. The first-order valence-electron chi connectivity index (χ1n) is 7.56. The topological polar surface area (TPSA) is 24.5 Å². The fraction of sp³-hybridized carbons (Fsp3) is 0.625. The van der Waals surface area contributed by atoms with Gasteiger partial charge in [0.1, 0.15) is 5.75 Å². The maximum absolute atomic E-state index is 12.2. The molecule has 0 unspecified atom stereocenters. The first-order chi connectivity index (χ1) is 10.1. The van der Waals surface area contributed by atoms with E-state index >= 15 is 0 Å². The van der Waals surface area contributed by atoms with Gasteiger partial charge in [-0.3, -0.25) is 4.90 Å². The molecule has 1 atom stereocenters. The van der Waals surface area contributed by atoms with Crippen molar-refractivity contribution in [3.05, 3.63) is 29.8 Å². The molecule has 1 aromatic rings. The molecule has 0 bridgehead atoms. The van der Waals surface area contributed by atoms with Gasteiger partial charge in [0.05, 0.1) is 0 Å². The van der Waals surface area contributed by atoms with E-state index in [1.807, 2.05) is 12.1 Å². The molecule has 1 aliphatic rings. The molecular weight excluding hydrogens is 345 g/mol. The molecule has 1 fully saturated rings. The lowest BCUT2D eigenvalue weighted by Crippen LogP contribution is -2.45. The standard InChI is InChI=1S/C16H24F2N2O.2ClH/c1-12(2)11-15(20-9-7-19-8-10-20)13-3-5-14(6-4-13)21-16(17)18;;/h3-6,12,15-16,19H,7-11H2,1-2H3;2*1H/t15-;;/m1../s1. The second-order valence-corrected chi connectivity index (χ2v) is 5.88. The Hall–Kier alpha value is -0.620. The van der Waals surface area contributed by atoms with Gasteiger partial charge in [0.15, 0.2) is 0 Å². The lowest BCUT2D eigenvalue weighted by Gasteiger charge is -2.36. The van der Waals surface area contributed by atoms with Crippen molar-refractivity contribution >= 4 is 24.8 Å². The van der Waals surface area contributed by atoms with Gasteiger partial charge in [-0.15, -0.1) is 24.8 Å². The van der Waals surface area contributed by atoms with Crippen molar-refractivity contribution < 1.29 is 13.5 Å². The summed E-state index contributed by atoms with van der Waals surface area (Å²) in [6.07, 6.45) is 1.06. The van der Waals surface area contributed by atoms with E-state index in [4.69, 9.17) is 0 Å². The highest BCUT2D eigenvalue weighted by Gasteiger charge is 2.23. The van der Waals surface area contributed by atoms with Gasteiger partial charge in [-0.25, -0.2) is 0 Å². The molecule has 23 heavy (non-hydrogen) atoms. The van der Waals surface area contributed by atoms with Crippen LogP contribution in [0.25, 0.3) is 0 Å². The van der Waals surface area contributed by atoms with Crippen LogP contribution in [0.1, 0.15) is 31.9 Å². The number of hydrogen-bond donors (Lipinski definition) is 1. The Bertz CT molecular complexity index is 427. The zero-order valence-corrected chi connectivity index (χ0v) is 15.1. The summed E-state index contributed by atoms with van der Waals surface area (Å²) >= 11 is 0. The zero-order chi connectivity index (χ0) is 15.2. The number of hydrogen-bond acceptors (Lipinski definition) is 3. The second kappa shape index (κ2) is 11.0. The molecule has 1 saturated heterocycles. The van der Waals surface area contributed by atoms with Gasteiger partial charge >= 0.3 is 6.61 Å². The SMILES string of the molecule is CC(C)C[C@H](c1ccc(OC(F)F)cc1)N1CCNCC1.Cl.Cl. The van der Waals surface area contributed by atoms with Crippen molar-refractivity contribution in [3.63, 3.8) is 0 Å². The van der Waals surface area contributed by atoms with E-state index in [9.17, 15) is 8.78 Å². The number of alkyl halides is 2. The highest BCUT2D eigenvalue weighted by atomic mass is 35.5. The number of halogens is 4. The normalized spacial score (nSPS) is 16.6.